The van der Waals surface area contributed by atoms with Crippen molar-refractivity contribution in [1.29, 1.82) is 0 Å². The number of hydrogen-bond acceptors (Lipinski definition) is 4. The van der Waals surface area contributed by atoms with E-state index in [-0.39, 0.29) is 35.5 Å². The van der Waals surface area contributed by atoms with E-state index in [1.807, 2.05) is 0 Å². The van der Waals surface area contributed by atoms with Gasteiger partial charge in [0.15, 0.2) is 5.78 Å². The number of ketones is 1. The summed E-state index contributed by atoms with van der Waals surface area (Å²) in [7, 11) is 0. The zero-order valence-electron chi connectivity index (χ0n) is 16.6. The molecule has 0 unspecified atom stereocenters. The quantitative estimate of drug-likeness (QED) is 0.364. The van der Waals surface area contributed by atoms with Crippen molar-refractivity contribution in [2.24, 2.45) is 23.2 Å². The van der Waals surface area contributed by atoms with Crippen molar-refractivity contribution in [1.82, 2.24) is 4.90 Å². The van der Waals surface area contributed by atoms with Crippen LogP contribution in [0.3, 0.4) is 0 Å². The van der Waals surface area contributed by atoms with Crippen molar-refractivity contribution < 1.29 is 19.5 Å². The Morgan fingerprint density at radius 2 is 1.59 bits per heavy atom. The average molecular weight is 393 g/mol. The standard InChI is InChI=1S/C24H27NO4/c26-19-6-7-25(22(28)18-4-2-1-3-5-18)23(29)21(19)20(27)14-24-11-15-8-16(12-24)10-17(9-15)13-24/h1-5,15-17,27H,6-14H2/b21-20-. The van der Waals surface area contributed by atoms with Crippen LogP contribution in [0.4, 0.5) is 0 Å². The molecule has 0 spiro atoms. The van der Waals surface area contributed by atoms with E-state index in [1.165, 1.54) is 19.3 Å². The van der Waals surface area contributed by atoms with Crippen LogP contribution < -0.4 is 0 Å². The van der Waals surface area contributed by atoms with Crippen LogP contribution in [-0.4, -0.2) is 34.1 Å². The highest BCUT2D eigenvalue weighted by Crippen LogP contribution is 2.62. The molecule has 0 aromatic heterocycles. The summed E-state index contributed by atoms with van der Waals surface area (Å²) in [6, 6.07) is 8.61. The highest BCUT2D eigenvalue weighted by Gasteiger charge is 2.51. The SMILES string of the molecule is O=C1CCN(C(=O)c2ccccc2)C(=O)/C1=C(\O)CC12CC3CC(CC(C3)C1)C2. The van der Waals surface area contributed by atoms with Crippen molar-refractivity contribution >= 4 is 17.6 Å². The zero-order valence-corrected chi connectivity index (χ0v) is 16.6. The Balaban J connectivity index is 1.41. The summed E-state index contributed by atoms with van der Waals surface area (Å²) in [4.78, 5) is 39.5. The number of amides is 2. The summed E-state index contributed by atoms with van der Waals surface area (Å²) in [5.74, 6) is 0.705. The second-order valence-electron chi connectivity index (χ2n) is 9.72. The summed E-state index contributed by atoms with van der Waals surface area (Å²) >= 11 is 0. The summed E-state index contributed by atoms with van der Waals surface area (Å²) in [5, 5.41) is 10.9. The molecule has 1 aliphatic heterocycles. The predicted molar refractivity (Wildman–Crippen MR) is 107 cm³/mol. The first-order valence-corrected chi connectivity index (χ1v) is 10.8. The molecule has 4 aliphatic carbocycles. The summed E-state index contributed by atoms with van der Waals surface area (Å²) in [6.07, 6.45) is 7.64. The molecule has 1 aromatic rings. The average Bonchev–Trinajstić information content (AvgIpc) is 2.67. The van der Waals surface area contributed by atoms with Gasteiger partial charge in [0.05, 0.1) is 0 Å². The molecule has 5 fully saturated rings. The lowest BCUT2D eigenvalue weighted by molar-refractivity contribution is -0.131. The van der Waals surface area contributed by atoms with E-state index in [1.54, 1.807) is 30.3 Å². The molecule has 5 nitrogen and oxygen atoms in total. The van der Waals surface area contributed by atoms with Gasteiger partial charge in [-0.3, -0.25) is 19.3 Å². The Bertz CT molecular complexity index is 865. The van der Waals surface area contributed by atoms with E-state index in [0.29, 0.717) is 12.0 Å². The van der Waals surface area contributed by atoms with E-state index >= 15 is 0 Å². The lowest BCUT2D eigenvalue weighted by Crippen LogP contribution is -2.47. The molecule has 5 heteroatoms. The van der Waals surface area contributed by atoms with E-state index < -0.39 is 11.8 Å². The molecule has 1 heterocycles. The molecule has 2 amide bonds. The Labute approximate surface area is 170 Å². The first kappa shape index (κ1) is 18.6. The number of imide groups is 1. The topological polar surface area (TPSA) is 74.7 Å². The number of allylic oxidation sites excluding steroid dienone is 1. The molecule has 1 aromatic carbocycles. The molecular formula is C24H27NO4. The van der Waals surface area contributed by atoms with E-state index in [2.05, 4.69) is 0 Å². The molecule has 4 saturated carbocycles. The fourth-order valence-electron chi connectivity index (χ4n) is 6.86. The Morgan fingerprint density at radius 1 is 1.00 bits per heavy atom. The molecule has 6 rings (SSSR count). The van der Waals surface area contributed by atoms with E-state index in [9.17, 15) is 19.5 Å². The van der Waals surface area contributed by atoms with Gasteiger partial charge in [-0.05, 0) is 73.8 Å². The highest BCUT2D eigenvalue weighted by atomic mass is 16.3. The van der Waals surface area contributed by atoms with Gasteiger partial charge in [-0.2, -0.15) is 0 Å². The number of carbonyl (C=O) groups excluding carboxylic acids is 3. The minimum atomic E-state index is -0.641. The van der Waals surface area contributed by atoms with Crippen LogP contribution in [-0.2, 0) is 9.59 Å². The zero-order chi connectivity index (χ0) is 20.2. The molecule has 0 radical (unpaired) electrons. The minimum absolute atomic E-state index is 0.0259. The smallest absolute Gasteiger partial charge is 0.267 e. The Morgan fingerprint density at radius 3 is 2.17 bits per heavy atom. The van der Waals surface area contributed by atoms with Gasteiger partial charge in [0.2, 0.25) is 0 Å². The molecule has 152 valence electrons. The number of likely N-dealkylation sites (tertiary alicyclic amines) is 1. The van der Waals surface area contributed by atoms with Crippen molar-refractivity contribution in [3.63, 3.8) is 0 Å². The molecule has 0 atom stereocenters. The fourth-order valence-corrected chi connectivity index (χ4v) is 6.86. The van der Waals surface area contributed by atoms with Gasteiger partial charge in [-0.15, -0.1) is 0 Å². The van der Waals surface area contributed by atoms with Crippen LogP contribution in [0.25, 0.3) is 0 Å². The number of nitrogens with zero attached hydrogens (tertiary/aromatic N) is 1. The van der Waals surface area contributed by atoms with Crippen molar-refractivity contribution in [3.8, 4) is 0 Å². The largest absolute Gasteiger partial charge is 0.511 e. The maximum Gasteiger partial charge on any atom is 0.267 e. The maximum atomic E-state index is 13.0. The van der Waals surface area contributed by atoms with Gasteiger partial charge in [0.1, 0.15) is 11.3 Å². The van der Waals surface area contributed by atoms with Gasteiger partial charge in [-0.1, -0.05) is 18.2 Å². The van der Waals surface area contributed by atoms with Crippen LogP contribution >= 0.6 is 0 Å². The Hall–Kier alpha value is -2.43. The van der Waals surface area contributed by atoms with Crippen molar-refractivity contribution in [2.45, 2.75) is 51.4 Å². The third-order valence-corrected chi connectivity index (χ3v) is 7.56. The monoisotopic (exact) mass is 393 g/mol. The number of carbonyl (C=O) groups is 3. The van der Waals surface area contributed by atoms with Gasteiger partial charge < -0.3 is 5.11 Å². The highest BCUT2D eigenvalue weighted by molar-refractivity contribution is 6.25. The first-order chi connectivity index (χ1) is 13.9. The predicted octanol–water partition coefficient (Wildman–Crippen LogP) is 4.05. The number of Topliss-reactive ketones (excluding diaryl/α,β-unsaturated/α-hetero) is 1. The number of benzene rings is 1. The van der Waals surface area contributed by atoms with Gasteiger partial charge in [0, 0.05) is 24.9 Å². The molecule has 1 N–H and O–H groups in total. The summed E-state index contributed by atoms with van der Waals surface area (Å²) < 4.78 is 0. The third kappa shape index (κ3) is 3.21. The number of piperidine rings is 1. The van der Waals surface area contributed by atoms with Crippen molar-refractivity contribution in [3.05, 3.63) is 47.2 Å². The molecule has 29 heavy (non-hydrogen) atoms. The number of hydrogen-bond donors (Lipinski definition) is 1. The molecule has 1 saturated heterocycles. The first-order valence-electron chi connectivity index (χ1n) is 10.8. The lowest BCUT2D eigenvalue weighted by atomic mass is 9.48. The van der Waals surface area contributed by atoms with E-state index in [4.69, 9.17) is 0 Å². The fraction of sp³-hybridized carbons (Fsp3) is 0.542. The lowest BCUT2D eigenvalue weighted by Gasteiger charge is -2.57. The molecular weight excluding hydrogens is 366 g/mol. The molecule has 4 bridgehead atoms. The van der Waals surface area contributed by atoms with E-state index in [0.717, 1.165) is 41.9 Å². The summed E-state index contributed by atoms with van der Waals surface area (Å²) in [6.45, 7) is 0.0690. The van der Waals surface area contributed by atoms with Crippen LogP contribution in [0.1, 0.15) is 61.7 Å². The second-order valence-corrected chi connectivity index (χ2v) is 9.72. The molecule has 5 aliphatic rings. The van der Waals surface area contributed by atoms with Crippen LogP contribution in [0.5, 0.6) is 0 Å². The minimum Gasteiger partial charge on any atom is -0.511 e. The van der Waals surface area contributed by atoms with Gasteiger partial charge in [0.25, 0.3) is 11.8 Å². The summed E-state index contributed by atoms with van der Waals surface area (Å²) in [5.41, 5.74) is 0.282. The number of aliphatic hydroxyl groups excluding tert-OH is 1. The second kappa shape index (κ2) is 6.82. The van der Waals surface area contributed by atoms with Crippen LogP contribution in [0.15, 0.2) is 41.7 Å². The number of aliphatic hydroxyl groups is 1. The van der Waals surface area contributed by atoms with Gasteiger partial charge >= 0.3 is 0 Å². The number of rotatable bonds is 3. The normalized spacial score (nSPS) is 35.2. The maximum absolute atomic E-state index is 13.0. The third-order valence-electron chi connectivity index (χ3n) is 7.56. The van der Waals surface area contributed by atoms with Crippen LogP contribution in [0, 0.1) is 23.2 Å². The van der Waals surface area contributed by atoms with Gasteiger partial charge in [-0.25, -0.2) is 0 Å². The Kier molecular flexibility index (Phi) is 4.37. The van der Waals surface area contributed by atoms with Crippen molar-refractivity contribution in [2.75, 3.05) is 6.54 Å². The van der Waals surface area contributed by atoms with Crippen LogP contribution in [0.2, 0.25) is 0 Å².